The first-order valence-electron chi connectivity index (χ1n) is 19.4. The fraction of sp³-hybridized carbons (Fsp3) is 0. The van der Waals surface area contributed by atoms with Gasteiger partial charge in [0.15, 0.2) is 17.5 Å². The van der Waals surface area contributed by atoms with Gasteiger partial charge >= 0.3 is 0 Å². The summed E-state index contributed by atoms with van der Waals surface area (Å²) >= 11 is 0. The monoisotopic (exact) mass is 742 g/mol. The third-order valence-electron chi connectivity index (χ3n) is 10.9. The molecule has 0 unspecified atom stereocenters. The van der Waals surface area contributed by atoms with Crippen molar-refractivity contribution in [3.8, 4) is 45.3 Å². The van der Waals surface area contributed by atoms with Crippen molar-refractivity contribution in [3.63, 3.8) is 0 Å². The lowest BCUT2D eigenvalue weighted by atomic mass is 9.97. The Balaban J connectivity index is 1.11. The first kappa shape index (κ1) is 33.4. The number of benzene rings is 9. The van der Waals surface area contributed by atoms with Crippen molar-refractivity contribution >= 4 is 60.5 Å². The van der Waals surface area contributed by atoms with Gasteiger partial charge < -0.3 is 9.32 Å². The summed E-state index contributed by atoms with van der Waals surface area (Å²) in [7, 11) is 0. The molecular weight excluding hydrogens is 709 g/mol. The molecule has 0 N–H and O–H groups in total. The highest BCUT2D eigenvalue weighted by atomic mass is 16.3. The summed E-state index contributed by atoms with van der Waals surface area (Å²) in [6, 6.07) is 71.7. The SMILES string of the molecule is c1ccc(-c2nc(-c3ccccc3)nc(-c3cc(-c4ccc(N(c5ccccc5)c5ccc6ccccc6c5)cc4)c4oc5c6ccccc6ccc5c4c3)n2)cc1. The zero-order valence-electron chi connectivity index (χ0n) is 31.3. The second-order valence-electron chi connectivity index (χ2n) is 14.5. The van der Waals surface area contributed by atoms with E-state index in [-0.39, 0.29) is 0 Å². The quantitative estimate of drug-likeness (QED) is 0.163. The molecular formula is C53H34N4O. The molecule has 0 amide bonds. The number of fused-ring (bicyclic) bond motifs is 6. The highest BCUT2D eigenvalue weighted by Crippen LogP contribution is 2.43. The Morgan fingerprint density at radius 1 is 0.310 bits per heavy atom. The van der Waals surface area contributed by atoms with Crippen molar-refractivity contribution in [2.45, 2.75) is 0 Å². The van der Waals surface area contributed by atoms with E-state index in [1.807, 2.05) is 60.7 Å². The number of rotatable bonds is 7. The molecule has 9 aromatic carbocycles. The average Bonchev–Trinajstić information content (AvgIpc) is 3.69. The highest BCUT2D eigenvalue weighted by Gasteiger charge is 2.20. The Morgan fingerprint density at radius 3 is 1.53 bits per heavy atom. The second-order valence-corrected chi connectivity index (χ2v) is 14.5. The molecule has 0 saturated carbocycles. The normalized spacial score (nSPS) is 11.4. The van der Waals surface area contributed by atoms with E-state index >= 15 is 0 Å². The maximum Gasteiger partial charge on any atom is 0.164 e. The van der Waals surface area contributed by atoms with Crippen LogP contribution in [0.5, 0.6) is 0 Å². The van der Waals surface area contributed by atoms with Gasteiger partial charge in [-0.25, -0.2) is 15.0 Å². The van der Waals surface area contributed by atoms with Gasteiger partial charge in [-0.05, 0) is 76.3 Å². The van der Waals surface area contributed by atoms with Crippen LogP contribution in [0.2, 0.25) is 0 Å². The van der Waals surface area contributed by atoms with Gasteiger partial charge in [-0.1, -0.05) is 152 Å². The van der Waals surface area contributed by atoms with Gasteiger partial charge in [0.25, 0.3) is 0 Å². The molecule has 0 atom stereocenters. The van der Waals surface area contributed by atoms with Crippen LogP contribution in [0.4, 0.5) is 17.1 Å². The summed E-state index contributed by atoms with van der Waals surface area (Å²) in [5, 5.41) is 6.65. The van der Waals surface area contributed by atoms with Crippen LogP contribution < -0.4 is 4.90 Å². The smallest absolute Gasteiger partial charge is 0.164 e. The molecule has 2 aromatic heterocycles. The first-order valence-corrected chi connectivity index (χ1v) is 19.4. The molecule has 0 aliphatic carbocycles. The van der Waals surface area contributed by atoms with Crippen molar-refractivity contribution < 1.29 is 4.42 Å². The summed E-state index contributed by atoms with van der Waals surface area (Å²) in [5.41, 5.74) is 9.60. The third kappa shape index (κ3) is 5.94. The number of hydrogen-bond acceptors (Lipinski definition) is 5. The van der Waals surface area contributed by atoms with Gasteiger partial charge in [0.2, 0.25) is 0 Å². The van der Waals surface area contributed by atoms with E-state index in [0.717, 1.165) is 77.6 Å². The summed E-state index contributed by atoms with van der Waals surface area (Å²) in [4.78, 5) is 17.5. The van der Waals surface area contributed by atoms with Gasteiger partial charge in [-0.2, -0.15) is 0 Å². The maximum absolute atomic E-state index is 6.92. The van der Waals surface area contributed by atoms with Crippen molar-refractivity contribution in [1.29, 1.82) is 0 Å². The fourth-order valence-electron chi connectivity index (χ4n) is 8.02. The summed E-state index contributed by atoms with van der Waals surface area (Å²) < 4.78 is 6.92. The molecule has 272 valence electrons. The number of hydrogen-bond donors (Lipinski definition) is 0. The predicted molar refractivity (Wildman–Crippen MR) is 239 cm³/mol. The standard InChI is InChI=1S/C53H34N4O/c1-4-16-38(17-5-1)51-54-52(39-18-6-2-7-19-39)56-53(55-51)41-33-47(50-48(34-41)46-31-27-36-15-12-13-23-45(36)49(46)58-50)37-25-28-43(29-26-37)57(42-21-8-3-9-22-42)44-30-24-35-14-10-11-20-40(35)32-44/h1-34H. The topological polar surface area (TPSA) is 55.1 Å². The first-order chi connectivity index (χ1) is 28.7. The molecule has 58 heavy (non-hydrogen) atoms. The van der Waals surface area contributed by atoms with Crippen molar-refractivity contribution in [1.82, 2.24) is 15.0 Å². The summed E-state index contributed by atoms with van der Waals surface area (Å²) in [5.74, 6) is 1.83. The summed E-state index contributed by atoms with van der Waals surface area (Å²) in [6.45, 7) is 0. The third-order valence-corrected chi connectivity index (χ3v) is 10.9. The van der Waals surface area contributed by atoms with E-state index in [9.17, 15) is 0 Å². The lowest BCUT2D eigenvalue weighted by molar-refractivity contribution is 0.674. The van der Waals surface area contributed by atoms with Crippen LogP contribution in [0, 0.1) is 0 Å². The van der Waals surface area contributed by atoms with Gasteiger partial charge in [-0.15, -0.1) is 0 Å². The van der Waals surface area contributed by atoms with Crippen LogP contribution in [0.15, 0.2) is 211 Å². The van der Waals surface area contributed by atoms with Crippen LogP contribution in [0.1, 0.15) is 0 Å². The van der Waals surface area contributed by atoms with E-state index < -0.39 is 0 Å². The van der Waals surface area contributed by atoms with Gasteiger partial charge in [0, 0.05) is 55.5 Å². The molecule has 0 fully saturated rings. The number of aromatic nitrogens is 3. The number of furan rings is 1. The Kier molecular flexibility index (Phi) is 8.07. The molecule has 0 aliphatic rings. The maximum atomic E-state index is 6.92. The van der Waals surface area contributed by atoms with Gasteiger partial charge in [0.05, 0.1) is 0 Å². The minimum absolute atomic E-state index is 0.592. The second kappa shape index (κ2) is 14.0. The number of para-hydroxylation sites is 1. The fourth-order valence-corrected chi connectivity index (χ4v) is 8.02. The van der Waals surface area contributed by atoms with Crippen LogP contribution in [0.25, 0.3) is 88.8 Å². The lowest BCUT2D eigenvalue weighted by Crippen LogP contribution is -2.09. The molecule has 11 rings (SSSR count). The predicted octanol–water partition coefficient (Wildman–Crippen LogP) is 14.2. The van der Waals surface area contributed by atoms with Crippen LogP contribution >= 0.6 is 0 Å². The van der Waals surface area contributed by atoms with Gasteiger partial charge in [0.1, 0.15) is 11.2 Å². The van der Waals surface area contributed by atoms with Crippen molar-refractivity contribution in [2.24, 2.45) is 0 Å². The van der Waals surface area contributed by atoms with Gasteiger partial charge in [-0.3, -0.25) is 0 Å². The Hall–Kier alpha value is -7.89. The lowest BCUT2D eigenvalue weighted by Gasteiger charge is -2.26. The van der Waals surface area contributed by atoms with Crippen LogP contribution in [-0.4, -0.2) is 15.0 Å². The minimum atomic E-state index is 0.592. The average molecular weight is 743 g/mol. The summed E-state index contributed by atoms with van der Waals surface area (Å²) in [6.07, 6.45) is 0. The number of anilines is 3. The van der Waals surface area contributed by atoms with E-state index in [4.69, 9.17) is 19.4 Å². The molecule has 5 nitrogen and oxygen atoms in total. The van der Waals surface area contributed by atoms with E-state index in [1.165, 1.54) is 10.8 Å². The Labute approximate surface area is 335 Å². The largest absolute Gasteiger partial charge is 0.455 e. The molecule has 11 aromatic rings. The molecule has 0 aliphatic heterocycles. The molecule has 5 heteroatoms. The van der Waals surface area contributed by atoms with Crippen molar-refractivity contribution in [3.05, 3.63) is 206 Å². The Bertz CT molecular complexity index is 3210. The molecule has 0 radical (unpaired) electrons. The zero-order chi connectivity index (χ0) is 38.4. The zero-order valence-corrected chi connectivity index (χ0v) is 31.3. The molecule has 0 bridgehead atoms. The highest BCUT2D eigenvalue weighted by molar-refractivity contribution is 6.18. The van der Waals surface area contributed by atoms with E-state index in [1.54, 1.807) is 0 Å². The molecule has 2 heterocycles. The van der Waals surface area contributed by atoms with Crippen LogP contribution in [-0.2, 0) is 0 Å². The molecule has 0 spiro atoms. The van der Waals surface area contributed by atoms with Crippen molar-refractivity contribution in [2.75, 3.05) is 4.90 Å². The van der Waals surface area contributed by atoms with Crippen LogP contribution in [0.3, 0.4) is 0 Å². The molecule has 0 saturated heterocycles. The van der Waals surface area contributed by atoms with E-state index in [0.29, 0.717) is 17.5 Å². The minimum Gasteiger partial charge on any atom is -0.455 e. The van der Waals surface area contributed by atoms with E-state index in [2.05, 4.69) is 150 Å². The Morgan fingerprint density at radius 2 is 0.845 bits per heavy atom. The number of nitrogens with zero attached hydrogens (tertiary/aromatic N) is 4.